The van der Waals surface area contributed by atoms with Crippen LogP contribution >= 0.6 is 23.2 Å². The summed E-state index contributed by atoms with van der Waals surface area (Å²) in [6.45, 7) is 0.415. The first-order valence-corrected chi connectivity index (χ1v) is 18.2. The molecule has 1 aliphatic carbocycles. The zero-order valence-corrected chi connectivity index (χ0v) is 28.8. The lowest BCUT2D eigenvalue weighted by Crippen LogP contribution is -2.38. The smallest absolute Gasteiger partial charge is 0.308 e. The Morgan fingerprint density at radius 2 is 1.39 bits per heavy atom. The second-order valence-corrected chi connectivity index (χ2v) is 16.2. The van der Waals surface area contributed by atoms with Gasteiger partial charge in [0.15, 0.2) is 0 Å². The zero-order chi connectivity index (χ0) is 33.4. The molecule has 12 nitrogen and oxygen atoms in total. The summed E-state index contributed by atoms with van der Waals surface area (Å²) in [7, 11) is -2.24. The maximum Gasteiger partial charge on any atom is 0.308 e. The maximum atomic E-state index is 14.6. The molecule has 2 aliphatic rings. The van der Waals surface area contributed by atoms with Gasteiger partial charge in [-0.25, -0.2) is 17.9 Å². The summed E-state index contributed by atoms with van der Waals surface area (Å²) in [4.78, 5) is 25.4. The summed E-state index contributed by atoms with van der Waals surface area (Å²) in [5.74, 6) is -1.91. The summed E-state index contributed by atoms with van der Waals surface area (Å²) < 4.78 is 57.0. The van der Waals surface area contributed by atoms with E-state index in [-0.39, 0.29) is 28.9 Å². The van der Waals surface area contributed by atoms with Crippen LogP contribution < -0.4 is 0 Å². The van der Waals surface area contributed by atoms with Crippen molar-refractivity contribution in [1.29, 1.82) is 0 Å². The lowest BCUT2D eigenvalue weighted by molar-refractivity contribution is -0.133. The Morgan fingerprint density at radius 1 is 0.848 bits per heavy atom. The molecule has 3 heterocycles. The number of fused-ring (bicyclic) bond motifs is 2. The highest BCUT2D eigenvalue weighted by Gasteiger charge is 2.54. The first-order chi connectivity index (χ1) is 21.8. The fourth-order valence-corrected chi connectivity index (χ4v) is 8.03. The van der Waals surface area contributed by atoms with Crippen molar-refractivity contribution in [3.05, 3.63) is 108 Å². The van der Waals surface area contributed by atoms with Crippen molar-refractivity contribution in [2.75, 3.05) is 40.1 Å². The third-order valence-electron chi connectivity index (χ3n) is 8.35. The fourth-order valence-electron chi connectivity index (χ4n) is 6.26. The molecule has 2 aromatic heterocycles. The van der Waals surface area contributed by atoms with Gasteiger partial charge in [-0.1, -0.05) is 60.7 Å². The van der Waals surface area contributed by atoms with Gasteiger partial charge in [-0.3, -0.25) is 4.79 Å². The van der Waals surface area contributed by atoms with Crippen LogP contribution in [0.15, 0.2) is 79.5 Å². The molecule has 1 fully saturated rings. The number of nitrogens with zero attached hydrogens (tertiary/aromatic N) is 7. The molecule has 0 spiro atoms. The quantitative estimate of drug-likeness (QED) is 0.257. The Bertz CT molecular complexity index is 1860. The number of hydrogen-bond acceptors (Lipinski definition) is 7. The van der Waals surface area contributed by atoms with E-state index in [1.807, 2.05) is 65.6 Å². The minimum absolute atomic E-state index is 0.154. The second-order valence-electron chi connectivity index (χ2n) is 11.4. The molecular weight excluding hydrogens is 673 g/mol. The number of rotatable bonds is 8. The van der Waals surface area contributed by atoms with Gasteiger partial charge in [0.25, 0.3) is 0 Å². The molecule has 3 atom stereocenters. The van der Waals surface area contributed by atoms with E-state index in [1.165, 1.54) is 47.0 Å². The maximum absolute atomic E-state index is 14.6. The van der Waals surface area contributed by atoms with Crippen molar-refractivity contribution < 1.29 is 21.6 Å². The van der Waals surface area contributed by atoms with Crippen LogP contribution in [0, 0.1) is 11.8 Å². The number of carbonyl (C=O) groups excluding carboxylic acids is 1. The number of imidazole rings is 2. The van der Waals surface area contributed by atoms with E-state index in [2.05, 4.69) is 9.97 Å². The van der Waals surface area contributed by atoms with Crippen molar-refractivity contribution in [2.24, 2.45) is 11.8 Å². The highest BCUT2D eigenvalue weighted by Crippen LogP contribution is 2.49. The van der Waals surface area contributed by atoms with Gasteiger partial charge in [0.2, 0.25) is 5.91 Å². The first-order valence-electron chi connectivity index (χ1n) is 14.3. The molecule has 0 saturated carbocycles. The Balaban J connectivity index is 0.00000134. The predicted molar refractivity (Wildman–Crippen MR) is 176 cm³/mol. The third-order valence-corrected chi connectivity index (χ3v) is 11.7. The summed E-state index contributed by atoms with van der Waals surface area (Å²) in [6.07, 6.45) is 4.21. The topological polar surface area (TPSA) is 131 Å². The number of carbonyl (C=O) groups is 1. The van der Waals surface area contributed by atoms with Crippen molar-refractivity contribution in [2.45, 2.75) is 18.4 Å². The van der Waals surface area contributed by atoms with Crippen molar-refractivity contribution in [1.82, 2.24) is 31.4 Å². The Kier molecular flexibility index (Phi) is 9.97. The number of halogens is 2. The van der Waals surface area contributed by atoms with Crippen LogP contribution in [-0.4, -0.2) is 94.2 Å². The van der Waals surface area contributed by atoms with Gasteiger partial charge in [0.05, 0.1) is 40.3 Å². The van der Waals surface area contributed by atoms with Gasteiger partial charge in [0.1, 0.15) is 12.7 Å². The SMILES string of the molecule is CN(C)S(=O)(=O)n1cnc([C@@H]2c3c(ncn3S(=O)(=O)N(C)C)C[C@@H]3CN(C(c4ccccc4)c4ccccc4)C(=O)[C@H]32)c1.ClCCl. The van der Waals surface area contributed by atoms with E-state index in [9.17, 15) is 21.6 Å². The van der Waals surface area contributed by atoms with E-state index in [1.54, 1.807) is 0 Å². The average molecular weight is 709 g/mol. The van der Waals surface area contributed by atoms with Crippen LogP contribution in [0.2, 0.25) is 0 Å². The molecule has 0 radical (unpaired) electrons. The van der Waals surface area contributed by atoms with Crippen LogP contribution in [0.25, 0.3) is 0 Å². The minimum Gasteiger partial charge on any atom is -0.331 e. The molecule has 1 saturated heterocycles. The van der Waals surface area contributed by atoms with Gasteiger partial charge in [-0.15, -0.1) is 23.2 Å². The fraction of sp³-hybridized carbons (Fsp3) is 0.367. The first kappa shape index (κ1) is 34.1. The molecule has 4 aromatic rings. The van der Waals surface area contributed by atoms with Gasteiger partial charge < -0.3 is 4.90 Å². The van der Waals surface area contributed by atoms with E-state index in [0.29, 0.717) is 24.4 Å². The molecular formula is C30H35Cl2N7O5S2. The monoisotopic (exact) mass is 707 g/mol. The molecule has 1 aliphatic heterocycles. The van der Waals surface area contributed by atoms with E-state index < -0.39 is 32.3 Å². The van der Waals surface area contributed by atoms with Crippen LogP contribution in [0.4, 0.5) is 0 Å². The molecule has 6 rings (SSSR count). The number of amides is 1. The molecule has 0 bridgehead atoms. The largest absolute Gasteiger partial charge is 0.331 e. The number of alkyl halides is 2. The lowest BCUT2D eigenvalue weighted by atomic mass is 9.73. The van der Waals surface area contributed by atoms with Crippen molar-refractivity contribution in [3.8, 4) is 0 Å². The Labute approximate surface area is 279 Å². The summed E-state index contributed by atoms with van der Waals surface area (Å²) in [5, 5.41) is 0.194. The standard InChI is InChI=1S/C29H33N7O5S2.CH2Cl2/c1-32(2)42(38,39)34-17-24(30-18-34)26-25-22(15-23-28(26)36(19-31-23)43(40,41)33(3)4)16-35(29(25)37)27(20-11-7-5-8-12-20)21-13-9-6-10-14-21;2-1-3/h5-14,17-19,22,25-27H,15-16H2,1-4H3;1H2/t22-,25-,26+;/m1./s1. The summed E-state index contributed by atoms with van der Waals surface area (Å²) >= 11 is 9.53. The van der Waals surface area contributed by atoms with E-state index in [4.69, 9.17) is 23.2 Å². The molecule has 0 unspecified atom stereocenters. The molecule has 16 heteroatoms. The van der Waals surface area contributed by atoms with Crippen LogP contribution in [-0.2, 0) is 31.6 Å². The van der Waals surface area contributed by atoms with Crippen molar-refractivity contribution >= 4 is 49.5 Å². The molecule has 46 heavy (non-hydrogen) atoms. The van der Waals surface area contributed by atoms with Gasteiger partial charge >= 0.3 is 20.4 Å². The molecule has 0 N–H and O–H groups in total. The predicted octanol–water partition coefficient (Wildman–Crippen LogP) is 3.36. The van der Waals surface area contributed by atoms with Gasteiger partial charge in [-0.05, 0) is 23.5 Å². The van der Waals surface area contributed by atoms with E-state index in [0.717, 1.165) is 27.7 Å². The van der Waals surface area contributed by atoms with Crippen molar-refractivity contribution in [3.63, 3.8) is 0 Å². The molecule has 1 amide bonds. The van der Waals surface area contributed by atoms with Crippen LogP contribution in [0.3, 0.4) is 0 Å². The zero-order valence-electron chi connectivity index (χ0n) is 25.7. The summed E-state index contributed by atoms with van der Waals surface area (Å²) in [5.41, 5.74) is 3.06. The number of likely N-dealkylation sites (tertiary alicyclic amines) is 1. The van der Waals surface area contributed by atoms with Gasteiger partial charge in [-0.2, -0.15) is 25.4 Å². The number of hydrogen-bond donors (Lipinski definition) is 0. The highest BCUT2D eigenvalue weighted by atomic mass is 35.5. The second kappa shape index (κ2) is 13.5. The van der Waals surface area contributed by atoms with Gasteiger partial charge in [0, 0.05) is 40.9 Å². The van der Waals surface area contributed by atoms with Crippen LogP contribution in [0.1, 0.15) is 40.2 Å². The Hall–Kier alpha value is -3.27. The van der Waals surface area contributed by atoms with E-state index >= 15 is 0 Å². The van der Waals surface area contributed by atoms with Crippen LogP contribution in [0.5, 0.6) is 0 Å². The molecule has 2 aromatic carbocycles. The number of aromatic nitrogens is 4. The summed E-state index contributed by atoms with van der Waals surface area (Å²) in [6, 6.07) is 19.2. The Morgan fingerprint density at radius 3 is 1.91 bits per heavy atom. The number of benzene rings is 2. The normalized spacial score (nSPS) is 19.7. The third kappa shape index (κ3) is 6.09. The highest BCUT2D eigenvalue weighted by molar-refractivity contribution is 7.87. The minimum atomic E-state index is -4.01. The lowest BCUT2D eigenvalue weighted by Gasteiger charge is -2.32. The molecule has 246 valence electrons. The average Bonchev–Trinajstić information content (AvgIpc) is 3.76.